The second-order valence-electron chi connectivity index (χ2n) is 2.17. The summed E-state index contributed by atoms with van der Waals surface area (Å²) in [5.74, 6) is -0.409. The van der Waals surface area contributed by atoms with Crippen LogP contribution in [0.4, 0.5) is 4.39 Å². The Kier molecular flexibility index (Phi) is 3.07. The van der Waals surface area contributed by atoms with Gasteiger partial charge in [-0.05, 0) is 33.6 Å². The molecule has 1 atom stereocenters. The number of hydrogen-bond acceptors (Lipinski definition) is 1. The zero-order chi connectivity index (χ0) is 9.14. The predicted octanol–water partition coefficient (Wildman–Crippen LogP) is 3.39. The van der Waals surface area contributed by atoms with E-state index in [4.69, 9.17) is 16.9 Å². The van der Waals surface area contributed by atoms with Crippen molar-refractivity contribution < 1.29 is 4.39 Å². The van der Waals surface area contributed by atoms with Crippen LogP contribution in [0.3, 0.4) is 0 Å². The van der Waals surface area contributed by atoms with Gasteiger partial charge >= 0.3 is 0 Å². The van der Waals surface area contributed by atoms with Crippen LogP contribution >= 0.6 is 27.5 Å². The lowest BCUT2D eigenvalue weighted by Crippen LogP contribution is -1.88. The number of halogens is 3. The highest BCUT2D eigenvalue weighted by Gasteiger charge is 2.08. The van der Waals surface area contributed by atoms with Crippen molar-refractivity contribution in [3.63, 3.8) is 0 Å². The molecule has 0 aromatic heterocycles. The molecule has 1 aromatic rings. The molecule has 62 valence electrons. The SMILES string of the molecule is N#CC(Cl)c1ccc(Br)c(F)c1. The third kappa shape index (κ3) is 1.96. The zero-order valence-electron chi connectivity index (χ0n) is 5.89. The highest BCUT2D eigenvalue weighted by Crippen LogP contribution is 2.23. The molecule has 1 unspecified atom stereocenters. The average Bonchev–Trinajstić information content (AvgIpc) is 2.08. The second-order valence-corrected chi connectivity index (χ2v) is 3.46. The Morgan fingerprint density at radius 3 is 2.75 bits per heavy atom. The molecule has 1 rings (SSSR count). The van der Waals surface area contributed by atoms with Crippen molar-refractivity contribution in [1.82, 2.24) is 0 Å². The zero-order valence-corrected chi connectivity index (χ0v) is 8.23. The van der Waals surface area contributed by atoms with E-state index in [1.54, 1.807) is 6.07 Å². The Bertz CT molecular complexity index is 334. The second kappa shape index (κ2) is 3.88. The van der Waals surface area contributed by atoms with Gasteiger partial charge in [-0.3, -0.25) is 0 Å². The van der Waals surface area contributed by atoms with Crippen molar-refractivity contribution in [2.75, 3.05) is 0 Å². The minimum atomic E-state index is -0.785. The summed E-state index contributed by atoms with van der Waals surface area (Å²) in [5, 5.41) is 7.65. The predicted molar refractivity (Wildman–Crippen MR) is 48.3 cm³/mol. The molecule has 1 aromatic carbocycles. The summed E-state index contributed by atoms with van der Waals surface area (Å²) in [5.41, 5.74) is 0.472. The van der Waals surface area contributed by atoms with Gasteiger partial charge in [0.1, 0.15) is 11.2 Å². The quantitative estimate of drug-likeness (QED) is 0.699. The van der Waals surface area contributed by atoms with Gasteiger partial charge in [-0.1, -0.05) is 6.07 Å². The van der Waals surface area contributed by atoms with E-state index >= 15 is 0 Å². The Hall–Kier alpha value is -0.590. The number of rotatable bonds is 1. The van der Waals surface area contributed by atoms with E-state index in [2.05, 4.69) is 15.9 Å². The molecule has 0 heterocycles. The van der Waals surface area contributed by atoms with Gasteiger partial charge in [-0.2, -0.15) is 5.26 Å². The number of nitriles is 1. The van der Waals surface area contributed by atoms with Gasteiger partial charge < -0.3 is 0 Å². The van der Waals surface area contributed by atoms with Crippen LogP contribution < -0.4 is 0 Å². The van der Waals surface area contributed by atoms with Gasteiger partial charge in [-0.25, -0.2) is 4.39 Å². The van der Waals surface area contributed by atoms with E-state index < -0.39 is 11.2 Å². The molecular formula is C8H4BrClFN. The van der Waals surface area contributed by atoms with Crippen LogP contribution in [0.5, 0.6) is 0 Å². The number of nitrogens with zero attached hydrogens (tertiary/aromatic N) is 1. The average molecular weight is 248 g/mol. The van der Waals surface area contributed by atoms with Gasteiger partial charge in [-0.15, -0.1) is 11.6 Å². The summed E-state index contributed by atoms with van der Waals surface area (Å²) < 4.78 is 13.2. The van der Waals surface area contributed by atoms with E-state index in [1.807, 2.05) is 6.07 Å². The summed E-state index contributed by atoms with van der Waals surface area (Å²) in [4.78, 5) is 0. The van der Waals surface area contributed by atoms with Crippen LogP contribution in [-0.4, -0.2) is 0 Å². The largest absolute Gasteiger partial charge is 0.206 e. The maximum atomic E-state index is 12.9. The van der Waals surface area contributed by atoms with Crippen LogP contribution in [0.2, 0.25) is 0 Å². The molecule has 12 heavy (non-hydrogen) atoms. The van der Waals surface area contributed by atoms with Gasteiger partial charge in [0.2, 0.25) is 0 Å². The van der Waals surface area contributed by atoms with Crippen LogP contribution in [0, 0.1) is 17.1 Å². The molecule has 1 nitrogen and oxygen atoms in total. The molecule has 0 saturated heterocycles. The first-order chi connectivity index (χ1) is 5.65. The lowest BCUT2D eigenvalue weighted by atomic mass is 10.1. The summed E-state index contributed by atoms with van der Waals surface area (Å²) >= 11 is 8.57. The van der Waals surface area contributed by atoms with Crippen molar-refractivity contribution in [3.8, 4) is 6.07 Å². The van der Waals surface area contributed by atoms with Crippen molar-refractivity contribution >= 4 is 27.5 Å². The van der Waals surface area contributed by atoms with E-state index in [-0.39, 0.29) is 0 Å². The maximum absolute atomic E-state index is 12.9. The highest BCUT2D eigenvalue weighted by molar-refractivity contribution is 9.10. The molecular weight excluding hydrogens is 244 g/mol. The van der Waals surface area contributed by atoms with Crippen LogP contribution in [-0.2, 0) is 0 Å². The third-order valence-electron chi connectivity index (χ3n) is 1.35. The Balaban J connectivity index is 3.06. The molecule has 0 amide bonds. The van der Waals surface area contributed by atoms with Gasteiger partial charge in [0, 0.05) is 0 Å². The van der Waals surface area contributed by atoms with Crippen molar-refractivity contribution in [2.24, 2.45) is 0 Å². The van der Waals surface area contributed by atoms with E-state index in [1.165, 1.54) is 12.1 Å². The van der Waals surface area contributed by atoms with Crippen molar-refractivity contribution in [2.45, 2.75) is 5.38 Å². The summed E-state index contributed by atoms with van der Waals surface area (Å²) in [6, 6.07) is 6.18. The fourth-order valence-electron chi connectivity index (χ4n) is 0.745. The van der Waals surface area contributed by atoms with E-state index in [0.29, 0.717) is 10.0 Å². The molecule has 4 heteroatoms. The summed E-state index contributed by atoms with van der Waals surface area (Å²) in [6.07, 6.45) is 0. The first-order valence-corrected chi connectivity index (χ1v) is 4.36. The third-order valence-corrected chi connectivity index (χ3v) is 2.34. The molecule has 0 saturated carbocycles. The standard InChI is InChI=1S/C8H4BrClFN/c9-6-2-1-5(3-8(6)11)7(10)4-12/h1-3,7H. The molecule has 0 aliphatic rings. The highest BCUT2D eigenvalue weighted by atomic mass is 79.9. The first kappa shape index (κ1) is 9.50. The monoisotopic (exact) mass is 247 g/mol. The molecule has 0 fully saturated rings. The van der Waals surface area contributed by atoms with Gasteiger partial charge in [0.15, 0.2) is 0 Å². The Morgan fingerprint density at radius 2 is 2.25 bits per heavy atom. The molecule has 0 spiro atoms. The van der Waals surface area contributed by atoms with Crippen molar-refractivity contribution in [1.29, 1.82) is 5.26 Å². The van der Waals surface area contributed by atoms with E-state index in [0.717, 1.165) is 0 Å². The summed E-state index contributed by atoms with van der Waals surface area (Å²) in [6.45, 7) is 0. The Labute approximate surface area is 82.9 Å². The number of benzene rings is 1. The minimum Gasteiger partial charge on any atom is -0.206 e. The first-order valence-electron chi connectivity index (χ1n) is 3.14. The topological polar surface area (TPSA) is 23.8 Å². The van der Waals surface area contributed by atoms with Crippen LogP contribution in [0.1, 0.15) is 10.9 Å². The Morgan fingerprint density at radius 1 is 1.58 bits per heavy atom. The molecule has 0 aliphatic heterocycles. The lowest BCUT2D eigenvalue weighted by Gasteiger charge is -2.01. The minimum absolute atomic E-state index is 0.369. The smallest absolute Gasteiger partial charge is 0.145 e. The fourth-order valence-corrected chi connectivity index (χ4v) is 1.13. The summed E-state index contributed by atoms with van der Waals surface area (Å²) in [7, 11) is 0. The lowest BCUT2D eigenvalue weighted by molar-refractivity contribution is 0.619. The molecule has 0 N–H and O–H groups in total. The van der Waals surface area contributed by atoms with Crippen LogP contribution in [0.25, 0.3) is 0 Å². The van der Waals surface area contributed by atoms with Crippen molar-refractivity contribution in [3.05, 3.63) is 34.1 Å². The number of hydrogen-bond donors (Lipinski definition) is 0. The molecule has 0 aliphatic carbocycles. The number of alkyl halides is 1. The van der Waals surface area contributed by atoms with E-state index in [9.17, 15) is 4.39 Å². The molecule has 0 radical (unpaired) electrons. The fraction of sp³-hybridized carbons (Fsp3) is 0.125. The normalized spacial score (nSPS) is 12.2. The molecule has 0 bridgehead atoms. The maximum Gasteiger partial charge on any atom is 0.145 e. The van der Waals surface area contributed by atoms with Crippen LogP contribution in [0.15, 0.2) is 22.7 Å². The van der Waals surface area contributed by atoms with Gasteiger partial charge in [0.05, 0.1) is 10.5 Å². The van der Waals surface area contributed by atoms with Gasteiger partial charge in [0.25, 0.3) is 0 Å².